The van der Waals surface area contributed by atoms with Crippen LogP contribution in [0.3, 0.4) is 0 Å². The van der Waals surface area contributed by atoms with E-state index in [1.165, 1.54) is 76.7 Å². The van der Waals surface area contributed by atoms with Gasteiger partial charge in [-0.1, -0.05) is 6.07 Å². The van der Waals surface area contributed by atoms with Gasteiger partial charge in [0.25, 0.3) is 0 Å². The zero-order valence-electron chi connectivity index (χ0n) is 15.7. The van der Waals surface area contributed by atoms with E-state index < -0.39 is 0 Å². The maximum absolute atomic E-state index is 11.8. The highest BCUT2D eigenvalue weighted by molar-refractivity contribution is 8.01. The molecule has 0 fully saturated rings. The third kappa shape index (κ3) is 3.16. The van der Waals surface area contributed by atoms with Crippen LogP contribution in [0.15, 0.2) is 33.1 Å². The second kappa shape index (κ2) is 7.37. The first-order chi connectivity index (χ1) is 13.7. The van der Waals surface area contributed by atoms with Gasteiger partial charge in [0.1, 0.15) is 5.03 Å². The number of aromatic nitrogens is 3. The highest BCUT2D eigenvalue weighted by Gasteiger charge is 2.25. The lowest BCUT2D eigenvalue weighted by Gasteiger charge is -2.15. The lowest BCUT2D eigenvalue weighted by molar-refractivity contribution is 0.0520. The van der Waals surface area contributed by atoms with Crippen molar-refractivity contribution in [1.82, 2.24) is 14.8 Å². The predicted octanol–water partition coefficient (Wildman–Crippen LogP) is 4.63. The van der Waals surface area contributed by atoms with Gasteiger partial charge in [-0.3, -0.25) is 0 Å². The predicted molar refractivity (Wildman–Crippen MR) is 110 cm³/mol. The molecule has 2 aliphatic rings. The molecule has 7 heteroatoms. The van der Waals surface area contributed by atoms with Crippen LogP contribution in [-0.4, -0.2) is 27.3 Å². The number of hydrogen-bond acceptors (Lipinski definition) is 6. The molecule has 0 amide bonds. The Balaban J connectivity index is 1.43. The Bertz CT molecular complexity index is 1020. The normalized spacial score (nSPS) is 14.9. The molecule has 0 saturated carbocycles. The second-order valence-electron chi connectivity index (χ2n) is 7.13. The fourth-order valence-corrected chi connectivity index (χ4v) is 5.93. The highest BCUT2D eigenvalue weighted by Crippen LogP contribution is 2.38. The summed E-state index contributed by atoms with van der Waals surface area (Å²) in [5, 5.41) is 7.49. The minimum absolute atomic E-state index is 0.356. The molecule has 2 aliphatic carbocycles. The summed E-state index contributed by atoms with van der Waals surface area (Å²) in [5.41, 5.74) is 7.69. The van der Waals surface area contributed by atoms with Gasteiger partial charge in [0.05, 0.1) is 12.3 Å². The first-order valence-corrected chi connectivity index (χ1v) is 11.5. The van der Waals surface area contributed by atoms with Crippen LogP contribution < -0.4 is 0 Å². The Kier molecular flexibility index (Phi) is 4.72. The van der Waals surface area contributed by atoms with E-state index in [9.17, 15) is 4.79 Å². The van der Waals surface area contributed by atoms with Gasteiger partial charge in [0.2, 0.25) is 0 Å². The molecule has 0 spiro atoms. The lowest BCUT2D eigenvalue weighted by atomic mass is 9.99. The number of esters is 1. The van der Waals surface area contributed by atoms with Crippen molar-refractivity contribution in [1.29, 1.82) is 0 Å². The Hall–Kier alpha value is -2.12. The van der Waals surface area contributed by atoms with Crippen molar-refractivity contribution in [2.24, 2.45) is 0 Å². The lowest BCUT2D eigenvalue weighted by Crippen LogP contribution is -2.05. The monoisotopic (exact) mass is 411 g/mol. The number of ether oxygens (including phenoxy) is 1. The Labute approximate surface area is 172 Å². The summed E-state index contributed by atoms with van der Waals surface area (Å²) in [4.78, 5) is 16.2. The molecule has 0 saturated heterocycles. The molecule has 3 aromatic rings. The molecule has 5 nitrogen and oxygen atoms in total. The van der Waals surface area contributed by atoms with Gasteiger partial charge in [0.15, 0.2) is 10.0 Å². The molecule has 0 unspecified atom stereocenters. The molecule has 0 aliphatic heterocycles. The summed E-state index contributed by atoms with van der Waals surface area (Å²) in [5.74, 6) is -0.369. The smallest absolute Gasteiger partial charge is 0.357 e. The maximum Gasteiger partial charge on any atom is 0.357 e. The summed E-state index contributed by atoms with van der Waals surface area (Å²) in [6, 6.07) is 4.48. The molecule has 0 bridgehead atoms. The average molecular weight is 412 g/mol. The summed E-state index contributed by atoms with van der Waals surface area (Å²) >= 11 is 2.94. The van der Waals surface area contributed by atoms with Crippen molar-refractivity contribution in [2.45, 2.75) is 54.8 Å². The quantitative estimate of drug-likeness (QED) is 0.573. The molecule has 0 N–H and O–H groups in total. The number of hydrogen-bond donors (Lipinski definition) is 0. The number of carbonyl (C=O) groups excluding carboxylic acids is 1. The molecular weight excluding hydrogens is 390 g/mol. The number of carbonyl (C=O) groups is 1. The van der Waals surface area contributed by atoms with E-state index in [1.807, 2.05) is 6.07 Å². The van der Waals surface area contributed by atoms with E-state index in [0.717, 1.165) is 22.2 Å². The molecule has 2 aromatic heterocycles. The van der Waals surface area contributed by atoms with Crippen molar-refractivity contribution in [3.63, 3.8) is 0 Å². The van der Waals surface area contributed by atoms with Crippen molar-refractivity contribution in [2.75, 3.05) is 6.61 Å². The number of fused-ring (bicyclic) bond motifs is 2. The van der Waals surface area contributed by atoms with Crippen LogP contribution >= 0.6 is 23.1 Å². The molecule has 144 valence electrons. The third-order valence-corrected chi connectivity index (χ3v) is 7.26. The zero-order valence-corrected chi connectivity index (χ0v) is 17.4. The summed E-state index contributed by atoms with van der Waals surface area (Å²) in [6.07, 6.45) is 9.22. The van der Waals surface area contributed by atoms with E-state index in [2.05, 4.69) is 21.9 Å². The number of rotatable bonds is 5. The molecule has 28 heavy (non-hydrogen) atoms. The van der Waals surface area contributed by atoms with Crippen LogP contribution in [-0.2, 0) is 30.4 Å². The first kappa shape index (κ1) is 17.9. The number of thiazole rings is 1. The van der Waals surface area contributed by atoms with Crippen molar-refractivity contribution < 1.29 is 9.53 Å². The number of aryl methyl sites for hydroxylation is 2. The van der Waals surface area contributed by atoms with Gasteiger partial charge in [0, 0.05) is 11.6 Å². The maximum atomic E-state index is 11.8. The standard InChI is InChI=1S/C21H21N3O2S2/c1-2-26-20(25)17-12-27-21(22-17)28-18-9-10-24(23-18)19-15-7-3-5-13(15)11-14-6-4-8-16(14)19/h9-12H,2-8H2,1H3. The Morgan fingerprint density at radius 3 is 2.68 bits per heavy atom. The van der Waals surface area contributed by atoms with E-state index in [0.29, 0.717) is 12.3 Å². The van der Waals surface area contributed by atoms with E-state index in [4.69, 9.17) is 9.84 Å². The fraction of sp³-hybridized carbons (Fsp3) is 0.381. The van der Waals surface area contributed by atoms with Gasteiger partial charge >= 0.3 is 5.97 Å². The first-order valence-electron chi connectivity index (χ1n) is 9.76. The van der Waals surface area contributed by atoms with Gasteiger partial charge in [-0.05, 0) is 85.5 Å². The van der Waals surface area contributed by atoms with Crippen LogP contribution in [0, 0.1) is 0 Å². The molecule has 2 heterocycles. The minimum Gasteiger partial charge on any atom is -0.461 e. The SMILES string of the molecule is CCOC(=O)c1csc(Sc2ccn(-c3c4c(cc5c3CCC5)CCC4)n2)n1. The highest BCUT2D eigenvalue weighted by atomic mass is 32.2. The van der Waals surface area contributed by atoms with E-state index in [1.54, 1.807) is 12.3 Å². The number of benzene rings is 1. The molecule has 5 rings (SSSR count). The summed E-state index contributed by atoms with van der Waals surface area (Å²) < 4.78 is 7.88. The largest absolute Gasteiger partial charge is 0.461 e. The molecular formula is C21H21N3O2S2. The van der Waals surface area contributed by atoms with Gasteiger partial charge in [-0.2, -0.15) is 5.10 Å². The number of nitrogens with zero attached hydrogens (tertiary/aromatic N) is 3. The van der Waals surface area contributed by atoms with Crippen LogP contribution in [0.5, 0.6) is 0 Å². The van der Waals surface area contributed by atoms with E-state index in [-0.39, 0.29) is 5.97 Å². The molecule has 1 aromatic carbocycles. The van der Waals surface area contributed by atoms with Crippen LogP contribution in [0.25, 0.3) is 5.69 Å². The summed E-state index contributed by atoms with van der Waals surface area (Å²) in [6.45, 7) is 2.15. The van der Waals surface area contributed by atoms with E-state index >= 15 is 0 Å². The third-order valence-electron chi connectivity index (χ3n) is 5.39. The van der Waals surface area contributed by atoms with Gasteiger partial charge in [-0.25, -0.2) is 14.5 Å². The van der Waals surface area contributed by atoms with Gasteiger partial charge < -0.3 is 4.74 Å². The fourth-order valence-electron chi connectivity index (χ4n) is 4.24. The molecule has 0 atom stereocenters. The van der Waals surface area contributed by atoms with Crippen LogP contribution in [0.2, 0.25) is 0 Å². The van der Waals surface area contributed by atoms with Crippen molar-refractivity contribution in [3.8, 4) is 5.69 Å². The molecule has 0 radical (unpaired) electrons. The minimum atomic E-state index is -0.369. The Morgan fingerprint density at radius 2 is 1.96 bits per heavy atom. The second-order valence-corrected chi connectivity index (χ2v) is 9.25. The van der Waals surface area contributed by atoms with Crippen LogP contribution in [0.1, 0.15) is 52.5 Å². The van der Waals surface area contributed by atoms with Crippen molar-refractivity contribution >= 4 is 29.1 Å². The summed E-state index contributed by atoms with van der Waals surface area (Å²) in [7, 11) is 0. The zero-order chi connectivity index (χ0) is 19.1. The van der Waals surface area contributed by atoms with Crippen molar-refractivity contribution in [3.05, 3.63) is 51.7 Å². The average Bonchev–Trinajstić information content (AvgIpc) is 3.47. The van der Waals surface area contributed by atoms with Crippen LogP contribution in [0.4, 0.5) is 0 Å². The topological polar surface area (TPSA) is 57.0 Å². The Morgan fingerprint density at radius 1 is 1.21 bits per heavy atom. The van der Waals surface area contributed by atoms with Gasteiger partial charge in [-0.15, -0.1) is 11.3 Å².